The molecule has 0 saturated heterocycles. The van der Waals surface area contributed by atoms with E-state index >= 15 is 0 Å². The SMILES string of the molecule is COc1cccc(CNC(=O)C2CCCc3sc(NC(=O)c4ccccc4)nc32)c1. The van der Waals surface area contributed by atoms with Gasteiger partial charge in [0.1, 0.15) is 5.75 Å². The third kappa shape index (κ3) is 4.52. The number of thiazole rings is 1. The molecule has 1 heterocycles. The van der Waals surface area contributed by atoms with Gasteiger partial charge in [-0.2, -0.15) is 0 Å². The van der Waals surface area contributed by atoms with E-state index in [1.165, 1.54) is 11.3 Å². The summed E-state index contributed by atoms with van der Waals surface area (Å²) < 4.78 is 5.24. The maximum Gasteiger partial charge on any atom is 0.257 e. The minimum atomic E-state index is -0.294. The van der Waals surface area contributed by atoms with Gasteiger partial charge in [0.05, 0.1) is 18.7 Å². The lowest BCUT2D eigenvalue weighted by molar-refractivity contribution is -0.123. The number of aryl methyl sites for hydroxylation is 1. The van der Waals surface area contributed by atoms with Crippen molar-refractivity contribution in [3.63, 3.8) is 0 Å². The van der Waals surface area contributed by atoms with E-state index in [9.17, 15) is 9.59 Å². The van der Waals surface area contributed by atoms with Gasteiger partial charge in [-0.1, -0.05) is 30.3 Å². The third-order valence-corrected chi connectivity index (χ3v) is 6.17. The molecule has 0 fully saturated rings. The fourth-order valence-electron chi connectivity index (χ4n) is 3.58. The van der Waals surface area contributed by atoms with Crippen molar-refractivity contribution in [2.24, 2.45) is 0 Å². The van der Waals surface area contributed by atoms with Gasteiger partial charge in [-0.3, -0.25) is 14.9 Å². The van der Waals surface area contributed by atoms with Crippen molar-refractivity contribution in [1.29, 1.82) is 0 Å². The number of ether oxygens (including phenoxy) is 1. The molecule has 6 nitrogen and oxygen atoms in total. The zero-order valence-corrected chi connectivity index (χ0v) is 17.5. The van der Waals surface area contributed by atoms with E-state index in [1.54, 1.807) is 19.2 Å². The molecule has 2 amide bonds. The van der Waals surface area contributed by atoms with Crippen LogP contribution in [0.4, 0.5) is 5.13 Å². The molecular formula is C23H23N3O3S. The molecule has 4 rings (SSSR count). The predicted molar refractivity (Wildman–Crippen MR) is 117 cm³/mol. The van der Waals surface area contributed by atoms with Crippen LogP contribution >= 0.6 is 11.3 Å². The Morgan fingerprint density at radius 2 is 2.00 bits per heavy atom. The summed E-state index contributed by atoms with van der Waals surface area (Å²) in [6.45, 7) is 0.434. The van der Waals surface area contributed by atoms with Crippen LogP contribution in [0.15, 0.2) is 54.6 Å². The fourth-order valence-corrected chi connectivity index (χ4v) is 4.64. The molecule has 0 aliphatic heterocycles. The summed E-state index contributed by atoms with van der Waals surface area (Å²) in [4.78, 5) is 31.0. The van der Waals surface area contributed by atoms with Gasteiger partial charge < -0.3 is 10.1 Å². The first-order valence-electron chi connectivity index (χ1n) is 9.90. The molecule has 0 spiro atoms. The number of rotatable bonds is 6. The number of benzene rings is 2. The molecular weight excluding hydrogens is 398 g/mol. The van der Waals surface area contributed by atoms with Gasteiger partial charge in [-0.25, -0.2) is 4.98 Å². The summed E-state index contributed by atoms with van der Waals surface area (Å²) in [6.07, 6.45) is 2.57. The van der Waals surface area contributed by atoms with Crippen LogP contribution < -0.4 is 15.4 Å². The van der Waals surface area contributed by atoms with Crippen molar-refractivity contribution in [2.75, 3.05) is 12.4 Å². The summed E-state index contributed by atoms with van der Waals surface area (Å²) in [7, 11) is 1.62. The standard InChI is InChI=1S/C23H23N3O3S/c1-29-17-10-5-7-15(13-17)14-24-22(28)18-11-6-12-19-20(18)25-23(30-19)26-21(27)16-8-3-2-4-9-16/h2-5,7-10,13,18H,6,11-12,14H2,1H3,(H,24,28)(H,25,26,27). The van der Waals surface area contributed by atoms with Crippen LogP contribution in [-0.4, -0.2) is 23.9 Å². The first-order chi connectivity index (χ1) is 14.6. The highest BCUT2D eigenvalue weighted by Crippen LogP contribution is 2.37. The maximum absolute atomic E-state index is 12.9. The van der Waals surface area contributed by atoms with Crippen LogP contribution in [0.5, 0.6) is 5.75 Å². The number of nitrogens with one attached hydrogen (secondary N) is 2. The molecule has 0 bridgehead atoms. The highest BCUT2D eigenvalue weighted by molar-refractivity contribution is 7.16. The maximum atomic E-state index is 12.9. The largest absolute Gasteiger partial charge is 0.497 e. The van der Waals surface area contributed by atoms with Crippen LogP contribution in [0.2, 0.25) is 0 Å². The van der Waals surface area contributed by atoms with E-state index in [-0.39, 0.29) is 17.7 Å². The molecule has 3 aromatic rings. The monoisotopic (exact) mass is 421 g/mol. The van der Waals surface area contributed by atoms with Gasteiger partial charge >= 0.3 is 0 Å². The van der Waals surface area contributed by atoms with Crippen molar-refractivity contribution >= 4 is 28.3 Å². The molecule has 7 heteroatoms. The molecule has 1 aliphatic carbocycles. The molecule has 30 heavy (non-hydrogen) atoms. The molecule has 1 atom stereocenters. The molecule has 154 valence electrons. The van der Waals surface area contributed by atoms with Crippen molar-refractivity contribution in [2.45, 2.75) is 31.7 Å². The molecule has 0 saturated carbocycles. The van der Waals surface area contributed by atoms with Gasteiger partial charge in [0, 0.05) is 17.0 Å². The number of carbonyl (C=O) groups excluding carboxylic acids is 2. The predicted octanol–water partition coefficient (Wildman–Crippen LogP) is 4.14. The Labute approximate surface area is 179 Å². The average molecular weight is 422 g/mol. The van der Waals surface area contributed by atoms with Gasteiger partial charge in [-0.05, 0) is 49.1 Å². The zero-order valence-electron chi connectivity index (χ0n) is 16.7. The Kier molecular flexibility index (Phi) is 6.09. The van der Waals surface area contributed by atoms with Crippen LogP contribution in [0.3, 0.4) is 0 Å². The Morgan fingerprint density at radius 1 is 1.17 bits per heavy atom. The Hall–Kier alpha value is -3.19. The highest BCUT2D eigenvalue weighted by atomic mass is 32.1. The lowest BCUT2D eigenvalue weighted by atomic mass is 9.90. The minimum Gasteiger partial charge on any atom is -0.497 e. The van der Waals surface area contributed by atoms with Gasteiger partial charge in [0.15, 0.2) is 5.13 Å². The van der Waals surface area contributed by atoms with E-state index in [4.69, 9.17) is 4.74 Å². The van der Waals surface area contributed by atoms with Crippen molar-refractivity contribution in [3.05, 3.63) is 76.3 Å². The molecule has 1 aromatic heterocycles. The van der Waals surface area contributed by atoms with E-state index in [1.807, 2.05) is 42.5 Å². The van der Waals surface area contributed by atoms with E-state index in [0.717, 1.165) is 41.1 Å². The zero-order chi connectivity index (χ0) is 20.9. The normalized spacial score (nSPS) is 15.2. The summed E-state index contributed by atoms with van der Waals surface area (Å²) in [5.74, 6) is 0.240. The van der Waals surface area contributed by atoms with Crippen LogP contribution in [-0.2, 0) is 17.8 Å². The quantitative estimate of drug-likeness (QED) is 0.627. The Balaban J connectivity index is 1.44. The summed E-state index contributed by atoms with van der Waals surface area (Å²) in [6, 6.07) is 16.7. The summed E-state index contributed by atoms with van der Waals surface area (Å²) in [5, 5.41) is 6.43. The number of fused-ring (bicyclic) bond motifs is 1. The lowest BCUT2D eigenvalue weighted by Gasteiger charge is -2.20. The molecule has 1 aliphatic rings. The Morgan fingerprint density at radius 3 is 2.80 bits per heavy atom. The number of hydrogen-bond donors (Lipinski definition) is 2. The van der Waals surface area contributed by atoms with E-state index in [0.29, 0.717) is 17.2 Å². The number of carbonyl (C=O) groups is 2. The summed E-state index contributed by atoms with van der Waals surface area (Å²) in [5.41, 5.74) is 2.35. The second-order valence-corrected chi connectivity index (χ2v) is 8.25. The smallest absolute Gasteiger partial charge is 0.257 e. The molecule has 1 unspecified atom stereocenters. The second kappa shape index (κ2) is 9.09. The van der Waals surface area contributed by atoms with E-state index in [2.05, 4.69) is 15.6 Å². The number of hydrogen-bond acceptors (Lipinski definition) is 5. The summed E-state index contributed by atoms with van der Waals surface area (Å²) >= 11 is 1.46. The average Bonchev–Trinajstić information content (AvgIpc) is 3.20. The molecule has 0 radical (unpaired) electrons. The first-order valence-corrected chi connectivity index (χ1v) is 10.7. The van der Waals surface area contributed by atoms with Gasteiger partial charge in [0.2, 0.25) is 5.91 Å². The first kappa shape index (κ1) is 20.1. The second-order valence-electron chi connectivity index (χ2n) is 7.16. The van der Waals surface area contributed by atoms with Crippen LogP contribution in [0, 0.1) is 0 Å². The number of methoxy groups -OCH3 is 1. The lowest BCUT2D eigenvalue weighted by Crippen LogP contribution is -2.31. The number of anilines is 1. The Bertz CT molecular complexity index is 1050. The van der Waals surface area contributed by atoms with Crippen molar-refractivity contribution in [1.82, 2.24) is 10.3 Å². The van der Waals surface area contributed by atoms with Crippen LogP contribution in [0.25, 0.3) is 0 Å². The van der Waals surface area contributed by atoms with Gasteiger partial charge in [0.25, 0.3) is 5.91 Å². The fraction of sp³-hybridized carbons (Fsp3) is 0.261. The number of amides is 2. The van der Waals surface area contributed by atoms with Crippen LogP contribution in [0.1, 0.15) is 45.3 Å². The van der Waals surface area contributed by atoms with Crippen molar-refractivity contribution in [3.8, 4) is 5.75 Å². The molecule has 2 aromatic carbocycles. The minimum absolute atomic E-state index is 0.0370. The third-order valence-electron chi connectivity index (χ3n) is 5.13. The van der Waals surface area contributed by atoms with Gasteiger partial charge in [-0.15, -0.1) is 11.3 Å². The molecule has 2 N–H and O–H groups in total. The topological polar surface area (TPSA) is 80.3 Å². The highest BCUT2D eigenvalue weighted by Gasteiger charge is 2.30. The van der Waals surface area contributed by atoms with Crippen molar-refractivity contribution < 1.29 is 14.3 Å². The number of nitrogens with zero attached hydrogens (tertiary/aromatic N) is 1. The number of aromatic nitrogens is 1. The van der Waals surface area contributed by atoms with E-state index < -0.39 is 0 Å².